The first-order valence-electron chi connectivity index (χ1n) is 5.79. The fraction of sp³-hybridized carbons (Fsp3) is 0.385. The molecule has 2 atom stereocenters. The number of carbonyl (C=O) groups excluding carboxylic acids is 2. The minimum atomic E-state index is -0.766. The van der Waals surface area contributed by atoms with Crippen LogP contribution < -0.4 is 16.4 Å². The van der Waals surface area contributed by atoms with Crippen LogP contribution in [-0.2, 0) is 9.59 Å². The number of aryl methyl sites for hydroxylation is 1. The van der Waals surface area contributed by atoms with Gasteiger partial charge in [0.05, 0.1) is 0 Å². The fourth-order valence-corrected chi connectivity index (χ4v) is 1.51. The van der Waals surface area contributed by atoms with Gasteiger partial charge in [-0.3, -0.25) is 9.59 Å². The van der Waals surface area contributed by atoms with Crippen molar-refractivity contribution in [2.45, 2.75) is 25.9 Å². The van der Waals surface area contributed by atoms with E-state index in [1.54, 1.807) is 6.92 Å². The van der Waals surface area contributed by atoms with Gasteiger partial charge in [0.15, 0.2) is 0 Å². The van der Waals surface area contributed by atoms with Gasteiger partial charge in [-0.1, -0.05) is 29.8 Å². The van der Waals surface area contributed by atoms with E-state index in [0.29, 0.717) is 0 Å². The van der Waals surface area contributed by atoms with Crippen LogP contribution in [0.3, 0.4) is 0 Å². The second kappa shape index (κ2) is 6.16. The zero-order valence-corrected chi connectivity index (χ0v) is 10.9. The molecule has 0 saturated heterocycles. The Morgan fingerprint density at radius 1 is 1.17 bits per heavy atom. The van der Waals surface area contributed by atoms with Gasteiger partial charge in [-0.25, -0.2) is 0 Å². The van der Waals surface area contributed by atoms with Crippen molar-refractivity contribution in [3.63, 3.8) is 0 Å². The summed E-state index contributed by atoms with van der Waals surface area (Å²) in [6.45, 7) is 3.57. The molecule has 1 aromatic rings. The molecule has 5 heteroatoms. The molecule has 0 aliphatic heterocycles. The number of amides is 2. The second-order valence-electron chi connectivity index (χ2n) is 4.23. The van der Waals surface area contributed by atoms with Crippen LogP contribution in [0.25, 0.3) is 0 Å². The maximum absolute atomic E-state index is 11.8. The van der Waals surface area contributed by atoms with E-state index in [4.69, 9.17) is 5.73 Å². The Bertz CT molecular complexity index is 428. The predicted octanol–water partition coefficient (Wildman–Crippen LogP) is 0.246. The molecule has 2 amide bonds. The van der Waals surface area contributed by atoms with Crippen LogP contribution in [0, 0.1) is 6.92 Å². The Hall–Kier alpha value is -1.88. The van der Waals surface area contributed by atoms with E-state index in [0.717, 1.165) is 11.1 Å². The molecule has 0 aliphatic rings. The summed E-state index contributed by atoms with van der Waals surface area (Å²) in [5.41, 5.74) is 7.66. The molecule has 0 saturated carbocycles. The normalized spacial score (nSPS) is 13.6. The lowest BCUT2D eigenvalue weighted by atomic mass is 10.1. The number of nitrogens with one attached hydrogen (secondary N) is 2. The monoisotopic (exact) mass is 249 g/mol. The topological polar surface area (TPSA) is 84.2 Å². The van der Waals surface area contributed by atoms with Crippen LogP contribution in [-0.4, -0.2) is 24.9 Å². The molecule has 0 heterocycles. The van der Waals surface area contributed by atoms with Crippen molar-refractivity contribution in [2.75, 3.05) is 7.05 Å². The standard InChI is InChI=1S/C13H19N3O2/c1-8-4-6-10(7-5-8)11(14)13(18)16-9(2)12(17)15-3/h4-7,9,11H,14H2,1-3H3,(H,15,17)(H,16,18). The number of hydrogen-bond donors (Lipinski definition) is 3. The van der Waals surface area contributed by atoms with Gasteiger partial charge < -0.3 is 16.4 Å². The average molecular weight is 249 g/mol. The maximum atomic E-state index is 11.8. The summed E-state index contributed by atoms with van der Waals surface area (Å²) >= 11 is 0. The highest BCUT2D eigenvalue weighted by Gasteiger charge is 2.20. The average Bonchev–Trinajstić information content (AvgIpc) is 2.37. The number of rotatable bonds is 4. The van der Waals surface area contributed by atoms with E-state index in [1.807, 2.05) is 31.2 Å². The third kappa shape index (κ3) is 3.56. The molecule has 1 aromatic carbocycles. The van der Waals surface area contributed by atoms with E-state index in [2.05, 4.69) is 10.6 Å². The second-order valence-corrected chi connectivity index (χ2v) is 4.23. The molecule has 0 bridgehead atoms. The first-order valence-corrected chi connectivity index (χ1v) is 5.79. The molecule has 5 nitrogen and oxygen atoms in total. The summed E-state index contributed by atoms with van der Waals surface area (Å²) in [6, 6.07) is 6.04. The largest absolute Gasteiger partial charge is 0.357 e. The Kier molecular flexibility index (Phi) is 4.85. The fourth-order valence-electron chi connectivity index (χ4n) is 1.51. The van der Waals surface area contributed by atoms with Gasteiger partial charge >= 0.3 is 0 Å². The SMILES string of the molecule is CNC(=O)C(C)NC(=O)C(N)c1ccc(C)cc1. The highest BCUT2D eigenvalue weighted by molar-refractivity contribution is 5.89. The van der Waals surface area contributed by atoms with Crippen LogP contribution in [0.2, 0.25) is 0 Å². The highest BCUT2D eigenvalue weighted by atomic mass is 16.2. The van der Waals surface area contributed by atoms with Crippen LogP contribution >= 0.6 is 0 Å². The number of benzene rings is 1. The third-order valence-corrected chi connectivity index (χ3v) is 2.72. The molecular weight excluding hydrogens is 230 g/mol. The lowest BCUT2D eigenvalue weighted by Gasteiger charge is -2.16. The minimum absolute atomic E-state index is 0.251. The van der Waals surface area contributed by atoms with Gasteiger partial charge in [0.25, 0.3) is 0 Å². The van der Waals surface area contributed by atoms with Gasteiger partial charge in [0, 0.05) is 7.05 Å². The van der Waals surface area contributed by atoms with Crippen molar-refractivity contribution >= 4 is 11.8 Å². The third-order valence-electron chi connectivity index (χ3n) is 2.72. The summed E-state index contributed by atoms with van der Waals surface area (Å²) in [4.78, 5) is 23.1. The van der Waals surface area contributed by atoms with Crippen molar-refractivity contribution in [3.8, 4) is 0 Å². The highest BCUT2D eigenvalue weighted by Crippen LogP contribution is 2.11. The molecule has 98 valence electrons. The van der Waals surface area contributed by atoms with Crippen LogP contribution in [0.1, 0.15) is 24.1 Å². The lowest BCUT2D eigenvalue weighted by molar-refractivity contribution is -0.129. The van der Waals surface area contributed by atoms with Crippen LogP contribution in [0.4, 0.5) is 0 Å². The zero-order chi connectivity index (χ0) is 13.7. The van der Waals surface area contributed by atoms with E-state index < -0.39 is 12.1 Å². The summed E-state index contributed by atoms with van der Waals surface area (Å²) < 4.78 is 0. The first kappa shape index (κ1) is 14.2. The van der Waals surface area contributed by atoms with Crippen LogP contribution in [0.5, 0.6) is 0 Å². The zero-order valence-electron chi connectivity index (χ0n) is 10.9. The first-order chi connectivity index (χ1) is 8.45. The summed E-state index contributed by atoms with van der Waals surface area (Å²) in [6.07, 6.45) is 0. The predicted molar refractivity (Wildman–Crippen MR) is 69.8 cm³/mol. The van der Waals surface area contributed by atoms with Crippen molar-refractivity contribution in [1.82, 2.24) is 10.6 Å². The molecule has 0 spiro atoms. The van der Waals surface area contributed by atoms with E-state index in [-0.39, 0.29) is 11.8 Å². The minimum Gasteiger partial charge on any atom is -0.357 e. The van der Waals surface area contributed by atoms with Gasteiger partial charge in [-0.05, 0) is 19.4 Å². The smallest absolute Gasteiger partial charge is 0.242 e. The van der Waals surface area contributed by atoms with Crippen molar-refractivity contribution < 1.29 is 9.59 Å². The number of hydrogen-bond acceptors (Lipinski definition) is 3. The molecule has 1 rings (SSSR count). The summed E-state index contributed by atoms with van der Waals surface area (Å²) in [5, 5.41) is 5.03. The molecule has 4 N–H and O–H groups in total. The van der Waals surface area contributed by atoms with Gasteiger partial charge in [-0.15, -0.1) is 0 Å². The van der Waals surface area contributed by atoms with E-state index >= 15 is 0 Å². The van der Waals surface area contributed by atoms with Gasteiger partial charge in [-0.2, -0.15) is 0 Å². The molecule has 18 heavy (non-hydrogen) atoms. The van der Waals surface area contributed by atoms with E-state index in [9.17, 15) is 9.59 Å². The number of carbonyl (C=O) groups is 2. The molecule has 0 aromatic heterocycles. The number of nitrogens with two attached hydrogens (primary N) is 1. The van der Waals surface area contributed by atoms with Crippen molar-refractivity contribution in [3.05, 3.63) is 35.4 Å². The summed E-state index contributed by atoms with van der Waals surface area (Å²) in [5.74, 6) is -0.616. The van der Waals surface area contributed by atoms with Gasteiger partial charge in [0.2, 0.25) is 11.8 Å². The molecular formula is C13H19N3O2. The quantitative estimate of drug-likeness (QED) is 0.715. The Morgan fingerprint density at radius 3 is 2.22 bits per heavy atom. The summed E-state index contributed by atoms with van der Waals surface area (Å²) in [7, 11) is 1.52. The van der Waals surface area contributed by atoms with Crippen molar-refractivity contribution in [2.24, 2.45) is 5.73 Å². The van der Waals surface area contributed by atoms with Crippen LogP contribution in [0.15, 0.2) is 24.3 Å². The maximum Gasteiger partial charge on any atom is 0.242 e. The number of likely N-dealkylation sites (N-methyl/N-ethyl adjacent to an activating group) is 1. The molecule has 0 radical (unpaired) electrons. The molecule has 0 fully saturated rings. The molecule has 0 aliphatic carbocycles. The molecule has 2 unspecified atom stereocenters. The Balaban J connectivity index is 2.67. The lowest BCUT2D eigenvalue weighted by Crippen LogP contribution is -2.46. The van der Waals surface area contributed by atoms with Crippen molar-refractivity contribution in [1.29, 1.82) is 0 Å². The van der Waals surface area contributed by atoms with E-state index in [1.165, 1.54) is 7.05 Å². The Labute approximate surface area is 107 Å². The Morgan fingerprint density at radius 2 is 1.72 bits per heavy atom. The van der Waals surface area contributed by atoms with Gasteiger partial charge in [0.1, 0.15) is 12.1 Å².